The fourth-order valence-corrected chi connectivity index (χ4v) is 14.2. The summed E-state index contributed by atoms with van der Waals surface area (Å²) in [5.41, 5.74) is 12.8. The number of ketones is 12. The first kappa shape index (κ1) is 95.9. The molecule has 1 N–H and O–H groups in total. The van der Waals surface area contributed by atoms with Gasteiger partial charge in [0, 0.05) is 170 Å². The number of hydrogen-bond donors (Lipinski definition) is 1. The van der Waals surface area contributed by atoms with Gasteiger partial charge in [0.25, 0.3) is 0 Å². The molecule has 7 aromatic rings. The molecule has 0 saturated heterocycles. The minimum Gasteiger partial charge on any atom is -0.381 e. The SMILES string of the molecule is CC#CCC(CC)CC1=CC(=O)c2ccccc2C1=O.CC(C)=CCC/C(C)=C/CCC1=C(Br)C(=O)c2ccccc2C1=O.CCC#CCCNC1=CC(=O)c2ccccc2C1=O.CCCC#CCCC1=CC(=O)c2ccccc2C1=O.CN(C)CC#CCCC1=CC(=O)c2ccccc2C1=O.O=C1C=C(CCC#Cc2cccnc2)C(=O)c2ccccc21. The Labute approximate surface area is 737 Å². The average molecular weight is 1710 g/mol. The van der Waals surface area contributed by atoms with Gasteiger partial charge in [-0.1, -0.05) is 214 Å². The van der Waals surface area contributed by atoms with Crippen LogP contribution in [0.4, 0.5) is 0 Å². The Morgan fingerprint density at radius 1 is 0.427 bits per heavy atom. The van der Waals surface area contributed by atoms with E-state index >= 15 is 0 Å². The molecule has 16 heteroatoms. The van der Waals surface area contributed by atoms with E-state index in [1.165, 1.54) is 41.5 Å². The van der Waals surface area contributed by atoms with Crippen LogP contribution in [0.3, 0.4) is 0 Å². The van der Waals surface area contributed by atoms with E-state index in [1.54, 1.807) is 158 Å². The van der Waals surface area contributed by atoms with Crippen molar-refractivity contribution in [2.75, 3.05) is 27.2 Å². The van der Waals surface area contributed by atoms with Crippen molar-refractivity contribution in [1.29, 1.82) is 0 Å². The topological polar surface area (TPSA) is 233 Å². The first-order chi connectivity index (χ1) is 59.9. The zero-order chi connectivity index (χ0) is 89.5. The molecular weight excluding hydrogens is 1610 g/mol. The molecule has 0 aliphatic heterocycles. The third-order valence-electron chi connectivity index (χ3n) is 20.2. The third kappa shape index (κ3) is 28.0. The lowest BCUT2D eigenvalue weighted by atomic mass is 9.84. The second kappa shape index (κ2) is 50.0. The first-order valence-electron chi connectivity index (χ1n) is 41.8. The Balaban J connectivity index is 0.000000185. The molecular formula is C108H102BrN3O12. The quantitative estimate of drug-likeness (QED) is 0.0400. The molecule has 1 aromatic heterocycles. The highest BCUT2D eigenvalue weighted by molar-refractivity contribution is 9.12. The van der Waals surface area contributed by atoms with E-state index in [0.717, 1.165) is 56.9 Å². The summed E-state index contributed by atoms with van der Waals surface area (Å²) in [5, 5.41) is 2.99. The van der Waals surface area contributed by atoms with Crippen LogP contribution in [-0.2, 0) is 0 Å². The third-order valence-corrected chi connectivity index (χ3v) is 21.1. The molecule has 1 atom stereocenters. The monoisotopic (exact) mass is 1710 g/mol. The van der Waals surface area contributed by atoms with Crippen molar-refractivity contribution in [3.05, 3.63) is 334 Å². The number of carbonyl (C=O) groups excluding carboxylic acids is 12. The number of rotatable bonds is 21. The number of carbonyl (C=O) groups is 12. The van der Waals surface area contributed by atoms with Gasteiger partial charge < -0.3 is 5.32 Å². The molecule has 0 spiro atoms. The summed E-state index contributed by atoms with van der Waals surface area (Å²) >= 11 is 3.34. The molecule has 13 rings (SSSR count). The zero-order valence-corrected chi connectivity index (χ0v) is 73.5. The molecule has 0 fully saturated rings. The maximum Gasteiger partial charge on any atom is 0.209 e. The Kier molecular flexibility index (Phi) is 38.7. The van der Waals surface area contributed by atoms with Gasteiger partial charge in [0.2, 0.25) is 11.6 Å². The number of pyridine rings is 1. The van der Waals surface area contributed by atoms with Crippen LogP contribution in [0.2, 0.25) is 0 Å². The number of allylic oxidation sites excluding steroid dienone is 16. The molecule has 1 unspecified atom stereocenters. The fraction of sp³-hybridized carbons (Fsp3) is 0.269. The molecule has 6 aliphatic carbocycles. The average Bonchev–Trinajstić information content (AvgIpc) is 0.780. The van der Waals surface area contributed by atoms with Gasteiger partial charge in [0.05, 0.1) is 16.7 Å². The van der Waals surface area contributed by atoms with Gasteiger partial charge in [-0.3, -0.25) is 67.4 Å². The highest BCUT2D eigenvalue weighted by Gasteiger charge is 2.32. The molecule has 1 heterocycles. The van der Waals surface area contributed by atoms with Crippen LogP contribution < -0.4 is 5.32 Å². The lowest BCUT2D eigenvalue weighted by Gasteiger charge is -2.18. The van der Waals surface area contributed by atoms with Gasteiger partial charge in [0.15, 0.2) is 57.8 Å². The number of aromatic nitrogens is 1. The van der Waals surface area contributed by atoms with Gasteiger partial charge in [-0.2, -0.15) is 0 Å². The van der Waals surface area contributed by atoms with Gasteiger partial charge in [0.1, 0.15) is 0 Å². The van der Waals surface area contributed by atoms with Crippen molar-refractivity contribution in [3.8, 4) is 59.2 Å². The normalized spacial score (nSPS) is 13.9. The number of nitrogens with one attached hydrogen (secondary N) is 1. The number of benzene rings is 6. The Morgan fingerprint density at radius 2 is 0.839 bits per heavy atom. The molecule has 6 aromatic carbocycles. The van der Waals surface area contributed by atoms with Crippen molar-refractivity contribution in [3.63, 3.8) is 0 Å². The summed E-state index contributed by atoms with van der Waals surface area (Å²) in [7, 11) is 3.91. The number of halogens is 1. The predicted molar refractivity (Wildman–Crippen MR) is 494 cm³/mol. The van der Waals surface area contributed by atoms with Crippen LogP contribution in [0.5, 0.6) is 0 Å². The van der Waals surface area contributed by atoms with E-state index in [0.29, 0.717) is 182 Å². The summed E-state index contributed by atoms with van der Waals surface area (Å²) in [6.45, 7) is 15.6. The number of fused-ring (bicyclic) bond motifs is 6. The number of hydrogen-bond acceptors (Lipinski definition) is 15. The number of nitrogens with zero attached hydrogens (tertiary/aromatic N) is 2. The highest BCUT2D eigenvalue weighted by atomic mass is 79.9. The van der Waals surface area contributed by atoms with Crippen LogP contribution in [0.15, 0.2) is 262 Å². The van der Waals surface area contributed by atoms with Crippen molar-refractivity contribution in [1.82, 2.24) is 15.2 Å². The molecule has 0 radical (unpaired) electrons. The minimum atomic E-state index is -0.127. The van der Waals surface area contributed by atoms with Crippen molar-refractivity contribution >= 4 is 85.3 Å². The van der Waals surface area contributed by atoms with E-state index in [-0.39, 0.29) is 69.4 Å². The van der Waals surface area contributed by atoms with Crippen LogP contribution in [0.1, 0.15) is 287 Å². The standard InChI is InChI=1S/C21H23BrO2.C19H13NO2.C18H18O2.C17H17NO2.C17H16O2.C16H15NO2/c1-14(2)8-6-9-15(3)10-7-13-18-19(22)21(24)17-12-5-4-11-16(17)20(18)23;21-18-12-15(19(22)17-10-4-3-9-16(17)18)8-2-1-6-14-7-5-11-20-13-14;1-3-5-8-13(4-2)11-14-12-17(19)15-9-6-7-10-16(15)18(14)20;1-18(2)11-7-3-4-8-13-12-16(19)14-9-5-6-10-15(14)17(13)20;1-2-3-4-5-6-9-13-12-16(18)14-10-7-8-11-15(14)17(13)19;1-2-3-4-7-10-17-14-11-15(18)12-8-5-6-9-13(12)16(14)19/h4-5,8,10-12H,6-7,9,13H2,1-3H3;3-5,7,9-13H,2,8H2;6-7,9-10,12-13H,4,8,11H2,1-2H3;5-6,9-10,12H,4,8,11H2,1-2H3;7-8,10-12H,2-3,6,9H2,1H3;5-6,8-9,11,17H,2,7,10H2,1H3/b15-10+;;;;;. The lowest BCUT2D eigenvalue weighted by Crippen LogP contribution is -2.27. The maximum atomic E-state index is 12.6. The molecule has 15 nitrogen and oxygen atoms in total. The summed E-state index contributed by atoms with van der Waals surface area (Å²) in [4.78, 5) is 152. The second-order valence-electron chi connectivity index (χ2n) is 30.1. The second-order valence-corrected chi connectivity index (χ2v) is 30.9. The number of Topliss-reactive ketones (excluding diaryl/α,β-unsaturated/α-hetero) is 7. The van der Waals surface area contributed by atoms with Crippen molar-refractivity contribution in [2.45, 2.75) is 158 Å². The van der Waals surface area contributed by atoms with Gasteiger partial charge >= 0.3 is 0 Å². The van der Waals surface area contributed by atoms with E-state index in [4.69, 9.17) is 0 Å². The zero-order valence-electron chi connectivity index (χ0n) is 71.9. The fourth-order valence-electron chi connectivity index (χ4n) is 13.6. The minimum absolute atomic E-state index is 0.0110. The summed E-state index contributed by atoms with van der Waals surface area (Å²) in [6, 6.07) is 45.5. The molecule has 0 amide bonds. The predicted octanol–water partition coefficient (Wildman–Crippen LogP) is 21.5. The highest BCUT2D eigenvalue weighted by Crippen LogP contribution is 2.34. The Hall–Kier alpha value is -13.5. The summed E-state index contributed by atoms with van der Waals surface area (Å²) in [5.74, 6) is 29.5. The van der Waals surface area contributed by atoms with Gasteiger partial charge in [-0.25, -0.2) is 0 Å². The van der Waals surface area contributed by atoms with Gasteiger partial charge in [-0.15, -0.1) is 41.4 Å². The van der Waals surface area contributed by atoms with E-state index < -0.39 is 0 Å². The van der Waals surface area contributed by atoms with Crippen molar-refractivity contribution in [2.24, 2.45) is 5.92 Å². The smallest absolute Gasteiger partial charge is 0.209 e. The molecule has 0 bridgehead atoms. The van der Waals surface area contributed by atoms with Crippen LogP contribution in [-0.4, -0.2) is 106 Å². The van der Waals surface area contributed by atoms with Crippen LogP contribution in [0.25, 0.3) is 0 Å². The number of unbranched alkanes of at least 4 members (excludes halogenated alkanes) is 1. The van der Waals surface area contributed by atoms with Crippen LogP contribution >= 0.6 is 15.9 Å². The largest absolute Gasteiger partial charge is 0.381 e. The van der Waals surface area contributed by atoms with Crippen molar-refractivity contribution < 1.29 is 57.5 Å². The summed E-state index contributed by atoms with van der Waals surface area (Å²) < 4.78 is 0.418. The van der Waals surface area contributed by atoms with E-state index in [1.807, 2.05) is 45.0 Å². The lowest BCUT2D eigenvalue weighted by molar-refractivity contribution is 0.0978. The Morgan fingerprint density at radius 3 is 1.27 bits per heavy atom. The molecule has 628 valence electrons. The summed E-state index contributed by atoms with van der Waals surface area (Å²) in [6.07, 6.45) is 27.5. The first-order valence-corrected chi connectivity index (χ1v) is 42.5. The molecule has 124 heavy (non-hydrogen) atoms. The van der Waals surface area contributed by atoms with Gasteiger partial charge in [-0.05, 0) is 158 Å². The Bertz CT molecular complexity index is 5880. The molecule has 6 aliphatic rings. The molecule has 0 saturated carbocycles. The van der Waals surface area contributed by atoms with E-state index in [2.05, 4.69) is 132 Å². The van der Waals surface area contributed by atoms with E-state index in [9.17, 15) is 57.5 Å². The van der Waals surface area contributed by atoms with Crippen LogP contribution in [0, 0.1) is 65.1 Å². The maximum absolute atomic E-state index is 12.6.